The molecule has 0 fully saturated rings. The number of hydrogen-bond donors (Lipinski definition) is 1. The molecule has 1 aromatic rings. The molecule has 78 valence electrons. The molecule has 0 aromatic carbocycles. The SMILES string of the molecule is COCCC(C)Oc1cccnc1N. The van der Waals surface area contributed by atoms with Crippen molar-refractivity contribution >= 4 is 5.82 Å². The maximum Gasteiger partial charge on any atom is 0.166 e. The molecule has 0 bridgehead atoms. The molecule has 1 aromatic heterocycles. The van der Waals surface area contributed by atoms with Crippen LogP contribution in [-0.2, 0) is 4.74 Å². The Morgan fingerprint density at radius 3 is 3.00 bits per heavy atom. The van der Waals surface area contributed by atoms with Crippen LogP contribution in [0.2, 0.25) is 0 Å². The van der Waals surface area contributed by atoms with Gasteiger partial charge in [-0.2, -0.15) is 0 Å². The van der Waals surface area contributed by atoms with E-state index in [9.17, 15) is 0 Å². The second-order valence-electron chi connectivity index (χ2n) is 3.10. The number of hydrogen-bond acceptors (Lipinski definition) is 4. The van der Waals surface area contributed by atoms with E-state index in [-0.39, 0.29) is 6.10 Å². The molecule has 0 aliphatic carbocycles. The van der Waals surface area contributed by atoms with Gasteiger partial charge in [-0.1, -0.05) is 0 Å². The van der Waals surface area contributed by atoms with Crippen molar-refractivity contribution in [3.63, 3.8) is 0 Å². The fourth-order valence-corrected chi connectivity index (χ4v) is 1.06. The Kier molecular flexibility index (Phi) is 4.19. The summed E-state index contributed by atoms with van der Waals surface area (Å²) in [5.74, 6) is 1.06. The first-order valence-electron chi connectivity index (χ1n) is 4.60. The summed E-state index contributed by atoms with van der Waals surface area (Å²) >= 11 is 0. The van der Waals surface area contributed by atoms with Gasteiger partial charge in [0.1, 0.15) is 0 Å². The van der Waals surface area contributed by atoms with Gasteiger partial charge in [-0.05, 0) is 19.1 Å². The van der Waals surface area contributed by atoms with Crippen LogP contribution in [-0.4, -0.2) is 24.8 Å². The lowest BCUT2D eigenvalue weighted by Crippen LogP contribution is -2.15. The molecule has 1 rings (SSSR count). The Morgan fingerprint density at radius 2 is 2.36 bits per heavy atom. The van der Waals surface area contributed by atoms with E-state index in [1.807, 2.05) is 13.0 Å². The lowest BCUT2D eigenvalue weighted by atomic mass is 10.3. The van der Waals surface area contributed by atoms with Crippen molar-refractivity contribution in [1.29, 1.82) is 0 Å². The second kappa shape index (κ2) is 5.44. The van der Waals surface area contributed by atoms with Crippen molar-refractivity contribution in [1.82, 2.24) is 4.98 Å². The molecule has 0 aliphatic heterocycles. The van der Waals surface area contributed by atoms with E-state index < -0.39 is 0 Å². The van der Waals surface area contributed by atoms with Crippen molar-refractivity contribution in [3.05, 3.63) is 18.3 Å². The smallest absolute Gasteiger partial charge is 0.166 e. The number of nitrogens with two attached hydrogens (primary N) is 1. The van der Waals surface area contributed by atoms with Crippen LogP contribution in [0.4, 0.5) is 5.82 Å². The van der Waals surface area contributed by atoms with Crippen molar-refractivity contribution < 1.29 is 9.47 Å². The fourth-order valence-electron chi connectivity index (χ4n) is 1.06. The maximum atomic E-state index is 5.63. The molecule has 0 aliphatic rings. The summed E-state index contributed by atoms with van der Waals surface area (Å²) in [6.45, 7) is 2.66. The summed E-state index contributed by atoms with van der Waals surface area (Å²) in [5, 5.41) is 0. The third-order valence-electron chi connectivity index (χ3n) is 1.86. The maximum absolute atomic E-state index is 5.63. The molecule has 0 saturated heterocycles. The number of aromatic nitrogens is 1. The number of rotatable bonds is 5. The van der Waals surface area contributed by atoms with Crippen LogP contribution in [0.5, 0.6) is 5.75 Å². The van der Waals surface area contributed by atoms with Gasteiger partial charge < -0.3 is 15.2 Å². The molecule has 2 N–H and O–H groups in total. The van der Waals surface area contributed by atoms with E-state index in [1.165, 1.54) is 0 Å². The van der Waals surface area contributed by atoms with Gasteiger partial charge in [-0.15, -0.1) is 0 Å². The minimum atomic E-state index is 0.0847. The van der Waals surface area contributed by atoms with E-state index in [0.29, 0.717) is 18.2 Å². The van der Waals surface area contributed by atoms with Crippen molar-refractivity contribution in [2.24, 2.45) is 0 Å². The summed E-state index contributed by atoms with van der Waals surface area (Å²) in [6.07, 6.45) is 2.56. The number of nitrogen functional groups attached to an aromatic ring is 1. The van der Waals surface area contributed by atoms with Crippen LogP contribution in [0.25, 0.3) is 0 Å². The van der Waals surface area contributed by atoms with Crippen molar-refractivity contribution in [2.75, 3.05) is 19.5 Å². The molecular weight excluding hydrogens is 180 g/mol. The Balaban J connectivity index is 2.47. The van der Waals surface area contributed by atoms with E-state index in [1.54, 1.807) is 19.4 Å². The molecule has 1 unspecified atom stereocenters. The Morgan fingerprint density at radius 1 is 1.57 bits per heavy atom. The first kappa shape index (κ1) is 10.8. The molecular formula is C10H16N2O2. The zero-order valence-corrected chi connectivity index (χ0v) is 8.56. The number of ether oxygens (including phenoxy) is 2. The second-order valence-corrected chi connectivity index (χ2v) is 3.10. The zero-order chi connectivity index (χ0) is 10.4. The Bertz CT molecular complexity index is 279. The third kappa shape index (κ3) is 3.22. The van der Waals surface area contributed by atoms with E-state index in [2.05, 4.69) is 4.98 Å². The summed E-state index contributed by atoms with van der Waals surface area (Å²) in [4.78, 5) is 3.93. The van der Waals surface area contributed by atoms with Crippen LogP contribution in [0.15, 0.2) is 18.3 Å². The monoisotopic (exact) mass is 196 g/mol. The standard InChI is InChI=1S/C10H16N2O2/c1-8(5-7-13-2)14-9-4-3-6-12-10(9)11/h3-4,6,8H,5,7H2,1-2H3,(H2,11,12). The third-order valence-corrected chi connectivity index (χ3v) is 1.86. The van der Waals surface area contributed by atoms with Crippen LogP contribution in [0.3, 0.4) is 0 Å². The van der Waals surface area contributed by atoms with Crippen LogP contribution < -0.4 is 10.5 Å². The molecule has 0 amide bonds. The minimum Gasteiger partial charge on any atom is -0.487 e. The van der Waals surface area contributed by atoms with Gasteiger partial charge in [0, 0.05) is 26.3 Å². The number of anilines is 1. The predicted octanol–water partition coefficient (Wildman–Crippen LogP) is 1.47. The van der Waals surface area contributed by atoms with Crippen LogP contribution in [0.1, 0.15) is 13.3 Å². The summed E-state index contributed by atoms with van der Waals surface area (Å²) in [6, 6.07) is 3.61. The summed E-state index contributed by atoms with van der Waals surface area (Å²) < 4.78 is 10.5. The van der Waals surface area contributed by atoms with Crippen LogP contribution >= 0.6 is 0 Å². The highest BCUT2D eigenvalue weighted by Gasteiger charge is 2.06. The van der Waals surface area contributed by atoms with Gasteiger partial charge in [-0.25, -0.2) is 4.98 Å². The molecule has 0 radical (unpaired) electrons. The van der Waals surface area contributed by atoms with Crippen molar-refractivity contribution in [3.8, 4) is 5.75 Å². The fraction of sp³-hybridized carbons (Fsp3) is 0.500. The van der Waals surface area contributed by atoms with Crippen LogP contribution in [0, 0.1) is 0 Å². The molecule has 1 heterocycles. The van der Waals surface area contributed by atoms with Gasteiger partial charge in [0.05, 0.1) is 6.10 Å². The Labute approximate surface area is 84.0 Å². The molecule has 1 atom stereocenters. The largest absolute Gasteiger partial charge is 0.487 e. The molecule has 0 spiro atoms. The van der Waals surface area contributed by atoms with Crippen molar-refractivity contribution in [2.45, 2.75) is 19.4 Å². The van der Waals surface area contributed by atoms with Gasteiger partial charge in [0.2, 0.25) is 0 Å². The highest BCUT2D eigenvalue weighted by molar-refractivity contribution is 5.44. The summed E-state index contributed by atoms with van der Waals surface area (Å²) in [5.41, 5.74) is 5.63. The number of pyridine rings is 1. The lowest BCUT2D eigenvalue weighted by Gasteiger charge is -2.14. The topological polar surface area (TPSA) is 57.4 Å². The molecule has 4 heteroatoms. The normalized spacial score (nSPS) is 12.4. The van der Waals surface area contributed by atoms with Gasteiger partial charge in [0.15, 0.2) is 11.6 Å². The van der Waals surface area contributed by atoms with E-state index in [4.69, 9.17) is 15.2 Å². The Hall–Kier alpha value is -1.29. The van der Waals surface area contributed by atoms with Gasteiger partial charge in [-0.3, -0.25) is 0 Å². The lowest BCUT2D eigenvalue weighted by molar-refractivity contribution is 0.135. The number of nitrogens with zero attached hydrogens (tertiary/aromatic N) is 1. The van der Waals surface area contributed by atoms with Gasteiger partial charge >= 0.3 is 0 Å². The molecule has 4 nitrogen and oxygen atoms in total. The number of methoxy groups -OCH3 is 1. The first-order valence-corrected chi connectivity index (χ1v) is 4.60. The average Bonchev–Trinajstić information content (AvgIpc) is 2.18. The highest BCUT2D eigenvalue weighted by atomic mass is 16.5. The highest BCUT2D eigenvalue weighted by Crippen LogP contribution is 2.19. The van der Waals surface area contributed by atoms with Gasteiger partial charge in [0.25, 0.3) is 0 Å². The first-order chi connectivity index (χ1) is 6.74. The summed E-state index contributed by atoms with van der Waals surface area (Å²) in [7, 11) is 1.67. The van der Waals surface area contributed by atoms with E-state index >= 15 is 0 Å². The molecule has 14 heavy (non-hydrogen) atoms. The quantitative estimate of drug-likeness (QED) is 0.774. The predicted molar refractivity (Wildman–Crippen MR) is 55.2 cm³/mol. The average molecular weight is 196 g/mol. The van der Waals surface area contributed by atoms with E-state index in [0.717, 1.165) is 6.42 Å². The molecule has 0 saturated carbocycles. The minimum absolute atomic E-state index is 0.0847. The zero-order valence-electron chi connectivity index (χ0n) is 8.56.